The number of aromatic nitrogens is 1. The lowest BCUT2D eigenvalue weighted by atomic mass is 9.99. The van der Waals surface area contributed by atoms with Gasteiger partial charge in [-0.15, -0.1) is 13.2 Å². The molecule has 0 saturated carbocycles. The molecule has 0 bridgehead atoms. The zero-order valence-electron chi connectivity index (χ0n) is 18.1. The molecule has 0 aliphatic carbocycles. The first-order valence-corrected chi connectivity index (χ1v) is 10.7. The van der Waals surface area contributed by atoms with Crippen molar-refractivity contribution in [2.75, 3.05) is 25.5 Å². The van der Waals surface area contributed by atoms with E-state index in [9.17, 15) is 22.7 Å². The Morgan fingerprint density at radius 2 is 1.86 bits per heavy atom. The van der Waals surface area contributed by atoms with E-state index < -0.39 is 36.0 Å². The van der Waals surface area contributed by atoms with Crippen LogP contribution in [-0.2, 0) is 22.7 Å². The highest BCUT2D eigenvalue weighted by Gasteiger charge is 2.35. The molecule has 2 unspecified atom stereocenters. The third-order valence-corrected chi connectivity index (χ3v) is 6.18. The number of nitrogens with zero attached hydrogens (tertiary/aromatic N) is 2. The number of nitrogens with two attached hydrogens (primary N) is 1. The first kappa shape index (κ1) is 23.7. The van der Waals surface area contributed by atoms with E-state index in [-0.39, 0.29) is 49.9 Å². The Morgan fingerprint density at radius 3 is 2.63 bits per heavy atom. The van der Waals surface area contributed by atoms with Crippen molar-refractivity contribution in [2.45, 2.75) is 31.8 Å². The van der Waals surface area contributed by atoms with Gasteiger partial charge < -0.3 is 25.1 Å². The van der Waals surface area contributed by atoms with Gasteiger partial charge in [0.2, 0.25) is 0 Å². The summed E-state index contributed by atoms with van der Waals surface area (Å²) in [6.07, 6.45) is -6.57. The molecule has 0 spiro atoms. The summed E-state index contributed by atoms with van der Waals surface area (Å²) in [5.74, 6) is -2.69. The molecule has 1 fully saturated rings. The van der Waals surface area contributed by atoms with Crippen molar-refractivity contribution in [1.82, 2.24) is 9.88 Å². The molecule has 3 aromatic rings. The number of rotatable bonds is 4. The van der Waals surface area contributed by atoms with Gasteiger partial charge in [0, 0.05) is 29.1 Å². The molecule has 5 rings (SSSR count). The van der Waals surface area contributed by atoms with Crippen LogP contribution < -0.4 is 10.5 Å². The number of benzene rings is 2. The summed E-state index contributed by atoms with van der Waals surface area (Å²) in [6, 6.07) is 4.85. The molecule has 35 heavy (non-hydrogen) atoms. The maximum atomic E-state index is 15.1. The third kappa shape index (κ3) is 4.49. The summed E-state index contributed by atoms with van der Waals surface area (Å²) in [7, 11) is 0. The largest absolute Gasteiger partial charge is 0.573 e. The van der Waals surface area contributed by atoms with Gasteiger partial charge in [-0.3, -0.25) is 4.90 Å². The van der Waals surface area contributed by atoms with Crippen molar-refractivity contribution in [3.05, 3.63) is 64.2 Å². The average molecular weight is 497 g/mol. The lowest BCUT2D eigenvalue weighted by molar-refractivity contribution is -0.275. The second kappa shape index (κ2) is 8.86. The van der Waals surface area contributed by atoms with Crippen LogP contribution in [0.25, 0.3) is 10.9 Å². The van der Waals surface area contributed by atoms with E-state index in [2.05, 4.69) is 9.72 Å². The van der Waals surface area contributed by atoms with Crippen molar-refractivity contribution < 1.29 is 41.3 Å². The molecular weight excluding hydrogens is 477 g/mol. The monoisotopic (exact) mass is 497 g/mol. The SMILES string of the molecule is Nc1nc2cc(F)c(C(O)N3CCOCC3c3ccc(F)c(OC(F)(F)F)c3)cc2c2c1COC2. The van der Waals surface area contributed by atoms with Crippen LogP contribution in [0.1, 0.15) is 34.5 Å². The molecule has 0 amide bonds. The molecule has 0 radical (unpaired) electrons. The van der Waals surface area contributed by atoms with Crippen molar-refractivity contribution >= 4 is 16.7 Å². The summed E-state index contributed by atoms with van der Waals surface area (Å²) in [5, 5.41) is 11.8. The fraction of sp³-hybridized carbons (Fsp3) is 0.348. The maximum absolute atomic E-state index is 15.1. The number of fused-ring (bicyclic) bond motifs is 3. The minimum Gasteiger partial charge on any atom is -0.403 e. The van der Waals surface area contributed by atoms with Crippen molar-refractivity contribution in [3.8, 4) is 5.75 Å². The number of nitrogen functional groups attached to an aromatic ring is 1. The Bertz CT molecular complexity index is 1290. The lowest BCUT2D eigenvalue weighted by Gasteiger charge is -2.39. The minimum absolute atomic E-state index is 0.0231. The first-order valence-electron chi connectivity index (χ1n) is 10.7. The Labute approximate surface area is 195 Å². The Hall–Kier alpha value is -3.06. The van der Waals surface area contributed by atoms with Crippen molar-refractivity contribution in [1.29, 1.82) is 0 Å². The predicted octanol–water partition coefficient (Wildman–Crippen LogP) is 4.09. The van der Waals surface area contributed by atoms with Gasteiger partial charge in [0.1, 0.15) is 17.9 Å². The van der Waals surface area contributed by atoms with E-state index in [1.165, 1.54) is 23.1 Å². The first-order chi connectivity index (χ1) is 16.6. The predicted molar refractivity (Wildman–Crippen MR) is 113 cm³/mol. The van der Waals surface area contributed by atoms with Gasteiger partial charge in [-0.2, -0.15) is 0 Å². The molecular formula is C23H20F5N3O4. The number of anilines is 1. The normalized spacial score (nSPS) is 19.7. The number of hydrogen-bond acceptors (Lipinski definition) is 7. The van der Waals surface area contributed by atoms with Gasteiger partial charge in [-0.1, -0.05) is 6.07 Å². The maximum Gasteiger partial charge on any atom is 0.573 e. The topological polar surface area (TPSA) is 90.1 Å². The van der Waals surface area contributed by atoms with E-state index >= 15 is 4.39 Å². The standard InChI is InChI=1S/C23H20F5N3O4/c24-16-2-1-11(5-20(16)35-23(26,27)28)19-10-33-4-3-31(19)22(32)13-6-12-14-8-34-9-15(14)21(29)30-18(12)7-17(13)25/h1-2,5-7,19,22,32H,3-4,8-10H2,(H2,29,30). The van der Waals surface area contributed by atoms with E-state index in [0.717, 1.165) is 17.7 Å². The van der Waals surface area contributed by atoms with Crippen LogP contribution in [-0.4, -0.2) is 41.1 Å². The van der Waals surface area contributed by atoms with Crippen LogP contribution >= 0.6 is 0 Å². The number of aliphatic hydroxyl groups is 1. The zero-order valence-corrected chi connectivity index (χ0v) is 18.1. The average Bonchev–Trinajstić information content (AvgIpc) is 3.30. The molecule has 2 aromatic carbocycles. The molecule has 3 N–H and O–H groups in total. The van der Waals surface area contributed by atoms with Gasteiger partial charge in [0.05, 0.1) is 38.0 Å². The van der Waals surface area contributed by atoms with E-state index in [1.807, 2.05) is 0 Å². The van der Waals surface area contributed by atoms with Crippen molar-refractivity contribution in [2.24, 2.45) is 0 Å². The fourth-order valence-electron chi connectivity index (χ4n) is 4.51. The quantitative estimate of drug-likeness (QED) is 0.525. The number of aliphatic hydroxyl groups excluding tert-OH is 1. The molecule has 2 aliphatic heterocycles. The molecule has 7 nitrogen and oxygen atoms in total. The van der Waals surface area contributed by atoms with Crippen LogP contribution in [0.3, 0.4) is 0 Å². The highest BCUT2D eigenvalue weighted by molar-refractivity contribution is 5.86. The van der Waals surface area contributed by atoms with Gasteiger partial charge >= 0.3 is 6.36 Å². The summed E-state index contributed by atoms with van der Waals surface area (Å²) in [6.45, 7) is 0.842. The van der Waals surface area contributed by atoms with E-state index in [0.29, 0.717) is 16.5 Å². The van der Waals surface area contributed by atoms with Gasteiger partial charge in [-0.05, 0) is 29.3 Å². The fourth-order valence-corrected chi connectivity index (χ4v) is 4.51. The number of pyridine rings is 1. The number of alkyl halides is 3. The summed E-state index contributed by atoms with van der Waals surface area (Å²) >= 11 is 0. The van der Waals surface area contributed by atoms with Crippen LogP contribution in [0.4, 0.5) is 27.8 Å². The third-order valence-electron chi connectivity index (χ3n) is 6.18. The molecule has 12 heteroatoms. The van der Waals surface area contributed by atoms with Gasteiger partial charge in [0.15, 0.2) is 11.6 Å². The molecule has 1 aromatic heterocycles. The van der Waals surface area contributed by atoms with Crippen LogP contribution in [0.15, 0.2) is 30.3 Å². The van der Waals surface area contributed by atoms with Crippen LogP contribution in [0, 0.1) is 11.6 Å². The lowest BCUT2D eigenvalue weighted by Crippen LogP contribution is -2.42. The number of morpholine rings is 1. The summed E-state index contributed by atoms with van der Waals surface area (Å²) in [5.41, 5.74) is 7.87. The van der Waals surface area contributed by atoms with E-state index in [1.54, 1.807) is 0 Å². The molecule has 3 heterocycles. The minimum atomic E-state index is -5.09. The number of halogens is 5. The summed E-state index contributed by atoms with van der Waals surface area (Å²) < 4.78 is 81.8. The molecule has 2 atom stereocenters. The number of hydrogen-bond donors (Lipinski definition) is 2. The smallest absolute Gasteiger partial charge is 0.403 e. The van der Waals surface area contributed by atoms with Crippen LogP contribution in [0.5, 0.6) is 5.75 Å². The Morgan fingerprint density at radius 1 is 1.09 bits per heavy atom. The molecule has 186 valence electrons. The van der Waals surface area contributed by atoms with Gasteiger partial charge in [0.25, 0.3) is 0 Å². The second-order valence-electron chi connectivity index (χ2n) is 8.28. The Balaban J connectivity index is 1.52. The van der Waals surface area contributed by atoms with Crippen LogP contribution in [0.2, 0.25) is 0 Å². The van der Waals surface area contributed by atoms with E-state index in [4.69, 9.17) is 15.2 Å². The number of ether oxygens (including phenoxy) is 3. The Kier molecular flexibility index (Phi) is 5.99. The zero-order chi connectivity index (χ0) is 24.9. The van der Waals surface area contributed by atoms with Crippen molar-refractivity contribution in [3.63, 3.8) is 0 Å². The highest BCUT2D eigenvalue weighted by atomic mass is 19.4. The highest BCUT2D eigenvalue weighted by Crippen LogP contribution is 2.38. The molecule has 2 aliphatic rings. The summed E-state index contributed by atoms with van der Waals surface area (Å²) in [4.78, 5) is 5.70. The second-order valence-corrected chi connectivity index (χ2v) is 8.28. The molecule has 1 saturated heterocycles. The van der Waals surface area contributed by atoms with Gasteiger partial charge in [-0.25, -0.2) is 13.8 Å².